The Kier molecular flexibility index (Phi) is 4.40. The number of fused-ring (bicyclic) bond motifs is 1. The second-order valence-corrected chi connectivity index (χ2v) is 5.09. The highest BCUT2D eigenvalue weighted by Gasteiger charge is 2.26. The van der Waals surface area contributed by atoms with Gasteiger partial charge in [-0.2, -0.15) is 5.10 Å². The summed E-state index contributed by atoms with van der Waals surface area (Å²) in [7, 11) is 0. The standard InChI is InChI=1S/C12H19N3O.C2H6/c1-9(2)14-4-3-12-10(5-14)6-15(13-12)11-7-16-8-11;1-2/h6,9,11H,3-5,7-8H2,1-2H3;1-2H3. The molecule has 102 valence electrons. The lowest BCUT2D eigenvalue weighted by Gasteiger charge is -2.29. The minimum Gasteiger partial charge on any atom is -0.377 e. The predicted octanol–water partition coefficient (Wildman–Crippen LogP) is 2.25. The van der Waals surface area contributed by atoms with Crippen LogP contribution in [0.15, 0.2) is 6.20 Å². The smallest absolute Gasteiger partial charge is 0.0985 e. The lowest BCUT2D eigenvalue weighted by Crippen LogP contribution is -2.35. The zero-order chi connectivity index (χ0) is 13.1. The molecule has 4 heteroatoms. The van der Waals surface area contributed by atoms with E-state index < -0.39 is 0 Å². The predicted molar refractivity (Wildman–Crippen MR) is 72.7 cm³/mol. The fourth-order valence-electron chi connectivity index (χ4n) is 2.36. The van der Waals surface area contributed by atoms with E-state index in [9.17, 15) is 0 Å². The van der Waals surface area contributed by atoms with Gasteiger partial charge in [-0.15, -0.1) is 0 Å². The van der Waals surface area contributed by atoms with Crippen molar-refractivity contribution in [2.24, 2.45) is 0 Å². The van der Waals surface area contributed by atoms with Crippen molar-refractivity contribution >= 4 is 0 Å². The monoisotopic (exact) mass is 251 g/mol. The molecule has 1 fully saturated rings. The molecule has 0 saturated carbocycles. The summed E-state index contributed by atoms with van der Waals surface area (Å²) in [6.45, 7) is 12.4. The maximum Gasteiger partial charge on any atom is 0.0985 e. The van der Waals surface area contributed by atoms with Crippen LogP contribution in [0.25, 0.3) is 0 Å². The van der Waals surface area contributed by atoms with Gasteiger partial charge in [0.1, 0.15) is 0 Å². The average Bonchev–Trinajstić information content (AvgIpc) is 2.71. The van der Waals surface area contributed by atoms with Crippen molar-refractivity contribution in [3.05, 3.63) is 17.5 Å². The Morgan fingerprint density at radius 2 is 2.06 bits per heavy atom. The van der Waals surface area contributed by atoms with Crippen LogP contribution in [-0.4, -0.2) is 40.5 Å². The summed E-state index contributed by atoms with van der Waals surface area (Å²) in [6, 6.07) is 1.11. The zero-order valence-corrected chi connectivity index (χ0v) is 12.0. The molecule has 2 aliphatic rings. The molecular weight excluding hydrogens is 226 g/mol. The van der Waals surface area contributed by atoms with Gasteiger partial charge in [-0.1, -0.05) is 13.8 Å². The van der Waals surface area contributed by atoms with Crippen molar-refractivity contribution in [1.82, 2.24) is 14.7 Å². The zero-order valence-electron chi connectivity index (χ0n) is 12.0. The van der Waals surface area contributed by atoms with E-state index in [1.165, 1.54) is 11.3 Å². The minimum atomic E-state index is 0.484. The topological polar surface area (TPSA) is 30.3 Å². The van der Waals surface area contributed by atoms with Gasteiger partial charge in [-0.05, 0) is 13.8 Å². The van der Waals surface area contributed by atoms with Gasteiger partial charge >= 0.3 is 0 Å². The van der Waals surface area contributed by atoms with Crippen LogP contribution in [0.3, 0.4) is 0 Å². The lowest BCUT2D eigenvalue weighted by atomic mass is 10.1. The van der Waals surface area contributed by atoms with Crippen LogP contribution in [0.2, 0.25) is 0 Å². The van der Waals surface area contributed by atoms with Crippen molar-refractivity contribution in [1.29, 1.82) is 0 Å². The maximum absolute atomic E-state index is 5.21. The molecule has 3 rings (SSSR count). The van der Waals surface area contributed by atoms with Crippen LogP contribution < -0.4 is 0 Å². The molecule has 4 nitrogen and oxygen atoms in total. The van der Waals surface area contributed by atoms with E-state index in [1.54, 1.807) is 0 Å². The van der Waals surface area contributed by atoms with Crippen LogP contribution >= 0.6 is 0 Å². The van der Waals surface area contributed by atoms with E-state index in [1.807, 2.05) is 13.8 Å². The molecule has 0 atom stereocenters. The molecule has 0 amide bonds. The highest BCUT2D eigenvalue weighted by atomic mass is 16.5. The Bertz CT molecular complexity index is 382. The van der Waals surface area contributed by atoms with Crippen molar-refractivity contribution in [2.75, 3.05) is 19.8 Å². The second-order valence-electron chi connectivity index (χ2n) is 5.09. The maximum atomic E-state index is 5.21. The van der Waals surface area contributed by atoms with Gasteiger partial charge < -0.3 is 4.74 Å². The average molecular weight is 251 g/mol. The van der Waals surface area contributed by atoms with Gasteiger partial charge in [0, 0.05) is 37.3 Å². The molecular formula is C14H25N3O. The van der Waals surface area contributed by atoms with Crippen LogP contribution in [0.4, 0.5) is 0 Å². The first-order valence-corrected chi connectivity index (χ1v) is 7.12. The molecule has 0 spiro atoms. The van der Waals surface area contributed by atoms with Crippen molar-refractivity contribution in [3.63, 3.8) is 0 Å². The van der Waals surface area contributed by atoms with E-state index in [-0.39, 0.29) is 0 Å². The number of rotatable bonds is 2. The lowest BCUT2D eigenvalue weighted by molar-refractivity contribution is -0.0287. The fraction of sp³-hybridized carbons (Fsp3) is 0.786. The van der Waals surface area contributed by atoms with Gasteiger partial charge in [0.05, 0.1) is 24.9 Å². The van der Waals surface area contributed by atoms with E-state index in [2.05, 4.69) is 34.7 Å². The molecule has 2 aliphatic heterocycles. The Labute approximate surface area is 110 Å². The Hall–Kier alpha value is -0.870. The quantitative estimate of drug-likeness (QED) is 0.807. The van der Waals surface area contributed by atoms with Crippen LogP contribution in [0.5, 0.6) is 0 Å². The Morgan fingerprint density at radius 3 is 2.61 bits per heavy atom. The molecule has 1 saturated heterocycles. The van der Waals surface area contributed by atoms with Crippen LogP contribution in [-0.2, 0) is 17.7 Å². The molecule has 0 bridgehead atoms. The van der Waals surface area contributed by atoms with Crippen LogP contribution in [0.1, 0.15) is 45.0 Å². The third-order valence-corrected chi connectivity index (χ3v) is 3.63. The minimum absolute atomic E-state index is 0.484. The van der Waals surface area contributed by atoms with E-state index in [0.29, 0.717) is 12.1 Å². The van der Waals surface area contributed by atoms with E-state index >= 15 is 0 Å². The first-order valence-electron chi connectivity index (χ1n) is 7.12. The number of hydrogen-bond acceptors (Lipinski definition) is 3. The van der Waals surface area contributed by atoms with E-state index in [0.717, 1.165) is 32.7 Å². The molecule has 0 aromatic carbocycles. The summed E-state index contributed by atoms with van der Waals surface area (Å²) in [5.74, 6) is 0. The fourth-order valence-corrected chi connectivity index (χ4v) is 2.36. The molecule has 0 N–H and O–H groups in total. The Morgan fingerprint density at radius 1 is 1.33 bits per heavy atom. The van der Waals surface area contributed by atoms with Crippen molar-refractivity contribution < 1.29 is 4.74 Å². The highest BCUT2D eigenvalue weighted by Crippen LogP contribution is 2.23. The van der Waals surface area contributed by atoms with Crippen molar-refractivity contribution in [2.45, 2.75) is 52.7 Å². The summed E-state index contributed by atoms with van der Waals surface area (Å²) < 4.78 is 7.32. The second kappa shape index (κ2) is 5.85. The molecule has 0 radical (unpaired) electrons. The molecule has 18 heavy (non-hydrogen) atoms. The molecule has 0 aliphatic carbocycles. The molecule has 0 unspecified atom stereocenters. The van der Waals surface area contributed by atoms with Crippen LogP contribution in [0, 0.1) is 0 Å². The number of aromatic nitrogens is 2. The first-order chi connectivity index (χ1) is 8.74. The summed E-state index contributed by atoms with van der Waals surface area (Å²) in [5, 5.41) is 4.68. The highest BCUT2D eigenvalue weighted by molar-refractivity contribution is 5.20. The van der Waals surface area contributed by atoms with Gasteiger partial charge in [-0.25, -0.2) is 0 Å². The summed E-state index contributed by atoms with van der Waals surface area (Å²) >= 11 is 0. The summed E-state index contributed by atoms with van der Waals surface area (Å²) in [5.41, 5.74) is 2.70. The van der Waals surface area contributed by atoms with Crippen molar-refractivity contribution in [3.8, 4) is 0 Å². The molecule has 1 aromatic rings. The van der Waals surface area contributed by atoms with E-state index in [4.69, 9.17) is 4.74 Å². The Balaban J connectivity index is 0.000000574. The first kappa shape index (κ1) is 13.6. The number of hydrogen-bond donors (Lipinski definition) is 0. The number of nitrogens with zero attached hydrogens (tertiary/aromatic N) is 3. The number of ether oxygens (including phenoxy) is 1. The molecule has 3 heterocycles. The van der Waals surface area contributed by atoms with Gasteiger partial charge in [0.15, 0.2) is 0 Å². The largest absolute Gasteiger partial charge is 0.377 e. The summed E-state index contributed by atoms with van der Waals surface area (Å²) in [6.07, 6.45) is 3.31. The SMILES string of the molecule is CC.CC(C)N1CCc2nn(C3COC3)cc2C1. The van der Waals surface area contributed by atoms with Gasteiger partial charge in [-0.3, -0.25) is 9.58 Å². The third kappa shape index (κ3) is 2.59. The third-order valence-electron chi connectivity index (χ3n) is 3.63. The summed E-state index contributed by atoms with van der Waals surface area (Å²) in [4.78, 5) is 2.51. The van der Waals surface area contributed by atoms with Gasteiger partial charge in [0.25, 0.3) is 0 Å². The van der Waals surface area contributed by atoms with Gasteiger partial charge in [0.2, 0.25) is 0 Å². The normalized spacial score (nSPS) is 20.1. The molecule has 1 aromatic heterocycles.